The fourth-order valence-electron chi connectivity index (χ4n) is 9.17. The minimum atomic E-state index is -0.776. The third-order valence-electron chi connectivity index (χ3n) is 9.88. The second-order valence-electron chi connectivity index (χ2n) is 11.5. The van der Waals surface area contributed by atoms with Crippen molar-refractivity contribution in [3.63, 3.8) is 0 Å². The van der Waals surface area contributed by atoms with Gasteiger partial charge in [0.1, 0.15) is 0 Å². The van der Waals surface area contributed by atoms with Crippen molar-refractivity contribution in [2.45, 2.75) is 84.5 Å². The van der Waals surface area contributed by atoms with E-state index in [2.05, 4.69) is 40.7 Å². The SMILES string of the molecule is CCN1C(=O)CC[C@@]2(C)C1=CCC1C3CCC(C4(C)OCCO4)[C@@]3(C)C[C@](C)(O)C12. The van der Waals surface area contributed by atoms with Crippen LogP contribution in [0.3, 0.4) is 0 Å². The lowest BCUT2D eigenvalue weighted by atomic mass is 9.44. The van der Waals surface area contributed by atoms with Gasteiger partial charge in [0.05, 0.1) is 18.8 Å². The molecule has 0 spiro atoms. The molecule has 2 aliphatic heterocycles. The van der Waals surface area contributed by atoms with Crippen LogP contribution < -0.4 is 0 Å². The molecule has 30 heavy (non-hydrogen) atoms. The number of allylic oxidation sites excluding steroid dienone is 2. The molecule has 3 aliphatic carbocycles. The van der Waals surface area contributed by atoms with E-state index in [1.807, 2.05) is 4.90 Å². The number of ether oxygens (including phenoxy) is 2. The van der Waals surface area contributed by atoms with Crippen molar-refractivity contribution in [2.75, 3.05) is 19.8 Å². The number of likely N-dealkylation sites (tertiary alicyclic amines) is 1. The van der Waals surface area contributed by atoms with Crippen molar-refractivity contribution in [1.29, 1.82) is 0 Å². The Labute approximate surface area is 181 Å². The number of hydrogen-bond acceptors (Lipinski definition) is 4. The summed E-state index contributed by atoms with van der Waals surface area (Å²) in [6.45, 7) is 13.0. The van der Waals surface area contributed by atoms with E-state index in [1.165, 1.54) is 12.1 Å². The first kappa shape index (κ1) is 21.0. The van der Waals surface area contributed by atoms with E-state index in [0.717, 1.165) is 32.2 Å². The molecule has 5 nitrogen and oxygen atoms in total. The molecule has 5 heteroatoms. The third kappa shape index (κ3) is 2.61. The van der Waals surface area contributed by atoms with Gasteiger partial charge in [0.2, 0.25) is 5.91 Å². The van der Waals surface area contributed by atoms with Gasteiger partial charge in [-0.1, -0.05) is 19.9 Å². The van der Waals surface area contributed by atoms with E-state index in [9.17, 15) is 9.90 Å². The van der Waals surface area contributed by atoms with Gasteiger partial charge in [-0.15, -0.1) is 0 Å². The average molecular weight is 418 g/mol. The number of amides is 1. The average Bonchev–Trinajstić information content (AvgIpc) is 3.24. The summed E-state index contributed by atoms with van der Waals surface area (Å²) in [4.78, 5) is 14.6. The van der Waals surface area contributed by atoms with Crippen molar-refractivity contribution in [2.24, 2.45) is 34.5 Å². The Balaban J connectivity index is 1.55. The Morgan fingerprint density at radius 2 is 1.87 bits per heavy atom. The summed E-state index contributed by atoms with van der Waals surface area (Å²) >= 11 is 0. The third-order valence-corrected chi connectivity index (χ3v) is 9.88. The van der Waals surface area contributed by atoms with Gasteiger partial charge in [0, 0.05) is 35.9 Å². The van der Waals surface area contributed by atoms with Crippen LogP contribution in [0.2, 0.25) is 0 Å². The number of aliphatic hydroxyl groups is 1. The predicted octanol–water partition coefficient (Wildman–Crippen LogP) is 4.11. The van der Waals surface area contributed by atoms with Crippen molar-refractivity contribution in [3.8, 4) is 0 Å². The molecular weight excluding hydrogens is 378 g/mol. The fraction of sp³-hybridized carbons (Fsp3) is 0.880. The van der Waals surface area contributed by atoms with Gasteiger partial charge in [-0.05, 0) is 70.1 Å². The lowest BCUT2D eigenvalue weighted by Gasteiger charge is -2.64. The van der Waals surface area contributed by atoms with Crippen LogP contribution in [0.1, 0.15) is 73.1 Å². The summed E-state index contributed by atoms with van der Waals surface area (Å²) in [5.74, 6) is 1.20. The smallest absolute Gasteiger partial charge is 0.226 e. The highest BCUT2D eigenvalue weighted by atomic mass is 16.7. The molecule has 4 unspecified atom stereocenters. The first-order valence-corrected chi connectivity index (χ1v) is 12.1. The van der Waals surface area contributed by atoms with Crippen molar-refractivity contribution < 1.29 is 19.4 Å². The van der Waals surface area contributed by atoms with Crippen LogP contribution in [0.5, 0.6) is 0 Å². The summed E-state index contributed by atoms with van der Waals surface area (Å²) in [6, 6.07) is 0. The summed E-state index contributed by atoms with van der Waals surface area (Å²) in [5, 5.41) is 12.0. The molecule has 2 saturated carbocycles. The largest absolute Gasteiger partial charge is 0.390 e. The Bertz CT molecular complexity index is 769. The summed E-state index contributed by atoms with van der Waals surface area (Å²) in [7, 11) is 0. The zero-order valence-electron chi connectivity index (χ0n) is 19.4. The van der Waals surface area contributed by atoms with Crippen LogP contribution >= 0.6 is 0 Å². The maximum atomic E-state index is 12.6. The number of carbonyl (C=O) groups is 1. The van der Waals surface area contributed by atoms with Crippen molar-refractivity contribution >= 4 is 5.91 Å². The molecule has 2 saturated heterocycles. The Hall–Kier alpha value is -0.910. The Kier molecular flexibility index (Phi) is 4.58. The minimum Gasteiger partial charge on any atom is -0.390 e. The molecule has 1 N–H and O–H groups in total. The number of rotatable bonds is 2. The Morgan fingerprint density at radius 3 is 2.53 bits per heavy atom. The van der Waals surface area contributed by atoms with Crippen LogP contribution in [0.25, 0.3) is 0 Å². The number of fused-ring (bicyclic) bond motifs is 5. The van der Waals surface area contributed by atoms with Crippen LogP contribution in [0, 0.1) is 34.5 Å². The molecule has 5 aliphatic rings. The first-order chi connectivity index (χ1) is 14.1. The van der Waals surface area contributed by atoms with Crippen LogP contribution in [-0.2, 0) is 14.3 Å². The van der Waals surface area contributed by atoms with Crippen LogP contribution in [0.15, 0.2) is 11.8 Å². The highest BCUT2D eigenvalue weighted by Crippen LogP contribution is 2.70. The van der Waals surface area contributed by atoms with Gasteiger partial charge < -0.3 is 19.5 Å². The fourth-order valence-corrected chi connectivity index (χ4v) is 9.17. The summed E-state index contributed by atoms with van der Waals surface area (Å²) in [5.41, 5.74) is 0.261. The topological polar surface area (TPSA) is 59.0 Å². The summed E-state index contributed by atoms with van der Waals surface area (Å²) < 4.78 is 12.3. The number of carbonyl (C=O) groups excluding carboxylic acids is 1. The predicted molar refractivity (Wildman–Crippen MR) is 114 cm³/mol. The van der Waals surface area contributed by atoms with Gasteiger partial charge in [0.25, 0.3) is 0 Å². The number of nitrogens with zero attached hydrogens (tertiary/aromatic N) is 1. The van der Waals surface area contributed by atoms with Crippen LogP contribution in [0.4, 0.5) is 0 Å². The molecule has 168 valence electrons. The molecule has 7 atom stereocenters. The normalized spacial score (nSPS) is 50.0. The Morgan fingerprint density at radius 1 is 1.17 bits per heavy atom. The van der Waals surface area contributed by atoms with E-state index in [1.54, 1.807) is 0 Å². The second kappa shape index (κ2) is 6.55. The molecule has 5 rings (SSSR count). The minimum absolute atomic E-state index is 0.000387. The molecule has 1 amide bonds. The van der Waals surface area contributed by atoms with Gasteiger partial charge in [-0.25, -0.2) is 0 Å². The molecule has 2 heterocycles. The molecular formula is C25H39NO4. The van der Waals surface area contributed by atoms with Crippen LogP contribution in [-0.4, -0.2) is 47.1 Å². The monoisotopic (exact) mass is 417 g/mol. The molecule has 0 radical (unpaired) electrons. The van der Waals surface area contributed by atoms with Gasteiger partial charge in [-0.3, -0.25) is 4.79 Å². The van der Waals surface area contributed by atoms with E-state index < -0.39 is 11.4 Å². The number of piperidine rings is 1. The highest BCUT2D eigenvalue weighted by molar-refractivity contribution is 5.80. The molecule has 4 fully saturated rings. The standard InChI is InChI=1S/C25H39NO4/c1-6-26-19-10-7-16-17-8-9-18(25(5)29-13-14-30-25)23(17,3)15-24(4,28)21(16)22(19,2)12-11-20(26)27/h10,16-18,21,28H,6-9,11-15H2,1-5H3/t16?,17?,18?,21?,22-,23-,24-/m0/s1. The molecule has 0 bridgehead atoms. The van der Waals surface area contributed by atoms with Gasteiger partial charge in [0.15, 0.2) is 5.79 Å². The summed E-state index contributed by atoms with van der Waals surface area (Å²) in [6.07, 6.45) is 7.80. The maximum absolute atomic E-state index is 12.6. The van der Waals surface area contributed by atoms with E-state index >= 15 is 0 Å². The molecule has 0 aromatic rings. The quantitative estimate of drug-likeness (QED) is 0.735. The van der Waals surface area contributed by atoms with Crippen molar-refractivity contribution in [1.82, 2.24) is 4.90 Å². The van der Waals surface area contributed by atoms with E-state index in [0.29, 0.717) is 37.4 Å². The zero-order chi connectivity index (χ0) is 21.5. The number of hydrogen-bond donors (Lipinski definition) is 1. The van der Waals surface area contributed by atoms with Gasteiger partial charge in [-0.2, -0.15) is 0 Å². The lowest BCUT2D eigenvalue weighted by molar-refractivity contribution is -0.238. The second-order valence-corrected chi connectivity index (χ2v) is 11.5. The highest BCUT2D eigenvalue weighted by Gasteiger charge is 2.68. The molecule has 0 aromatic carbocycles. The zero-order valence-corrected chi connectivity index (χ0v) is 19.4. The van der Waals surface area contributed by atoms with E-state index in [4.69, 9.17) is 9.47 Å². The lowest BCUT2D eigenvalue weighted by Crippen LogP contribution is -2.64. The van der Waals surface area contributed by atoms with E-state index in [-0.39, 0.29) is 22.7 Å². The van der Waals surface area contributed by atoms with Gasteiger partial charge >= 0.3 is 0 Å². The maximum Gasteiger partial charge on any atom is 0.226 e. The first-order valence-electron chi connectivity index (χ1n) is 12.1. The molecule has 0 aromatic heterocycles. The van der Waals surface area contributed by atoms with Crippen molar-refractivity contribution in [3.05, 3.63) is 11.8 Å².